The molecule has 1 N–H and O–H groups in total. The molecular formula is C5H7NO2. The highest BCUT2D eigenvalue weighted by Gasteiger charge is 2.12. The Morgan fingerprint density at radius 3 is 1.88 bits per heavy atom. The second kappa shape index (κ2) is 1.94. The van der Waals surface area contributed by atoms with Gasteiger partial charge in [0.1, 0.15) is 0 Å². The first kappa shape index (κ1) is 5.28. The van der Waals surface area contributed by atoms with Gasteiger partial charge >= 0.3 is 0 Å². The fourth-order valence-corrected chi connectivity index (χ4v) is 0.690. The fraction of sp³-hybridized carbons (Fsp3) is 0.600. The summed E-state index contributed by atoms with van der Waals surface area (Å²) >= 11 is 0. The number of carbonyl (C=O) groups excluding carboxylic acids is 2. The SMILES string of the molecule is O=[13C]1CCC[13C](=O)[15NH]1. The Kier molecular flexibility index (Phi) is 1.28. The first-order valence-electron chi connectivity index (χ1n) is 2.62. The maximum absolute atomic E-state index is 10.3. The normalized spacial score (nSPS) is 20.5. The van der Waals surface area contributed by atoms with Crippen molar-refractivity contribution in [2.24, 2.45) is 0 Å². The lowest BCUT2D eigenvalue weighted by Gasteiger charge is -2.07. The molecule has 0 spiro atoms. The van der Waals surface area contributed by atoms with E-state index in [2.05, 4.69) is 5.32 Å². The lowest BCUT2D eigenvalue weighted by Crippen LogP contribution is -2.33. The van der Waals surface area contributed by atoms with E-state index in [1.165, 1.54) is 0 Å². The number of imide groups is 1. The minimum Gasteiger partial charge on any atom is -0.296 e. The van der Waals surface area contributed by atoms with Crippen molar-refractivity contribution in [1.82, 2.24) is 5.32 Å². The molecule has 1 saturated heterocycles. The predicted octanol–water partition coefficient (Wildman–Crippen LogP) is -0.187. The zero-order valence-corrected chi connectivity index (χ0v) is 4.44. The molecule has 0 atom stereocenters. The van der Waals surface area contributed by atoms with Crippen LogP contribution in [-0.4, -0.2) is 11.8 Å². The molecule has 1 heterocycles. The first-order valence-corrected chi connectivity index (χ1v) is 2.62. The third kappa shape index (κ3) is 1.05. The van der Waals surface area contributed by atoms with E-state index in [1.807, 2.05) is 0 Å². The molecule has 1 fully saturated rings. The van der Waals surface area contributed by atoms with Gasteiger partial charge in [0.15, 0.2) is 0 Å². The predicted molar refractivity (Wildman–Crippen MR) is 27.0 cm³/mol. The number of hydrogen-bond acceptors (Lipinski definition) is 2. The Morgan fingerprint density at radius 2 is 1.62 bits per heavy atom. The monoisotopic (exact) mass is 116 g/mol. The van der Waals surface area contributed by atoms with Crippen LogP contribution in [0.3, 0.4) is 0 Å². The highest BCUT2D eigenvalue weighted by atomic mass is 16.3. The molecule has 0 unspecified atom stereocenters. The summed E-state index contributed by atoms with van der Waals surface area (Å²) < 4.78 is 0. The van der Waals surface area contributed by atoms with Crippen molar-refractivity contribution in [1.29, 1.82) is 0 Å². The molecule has 0 bridgehead atoms. The van der Waals surface area contributed by atoms with E-state index in [1.54, 1.807) is 0 Å². The highest BCUT2D eigenvalue weighted by Crippen LogP contribution is 2.00. The van der Waals surface area contributed by atoms with E-state index < -0.39 is 0 Å². The third-order valence-corrected chi connectivity index (χ3v) is 1.09. The number of amides is 2. The zero-order chi connectivity index (χ0) is 5.98. The highest BCUT2D eigenvalue weighted by molar-refractivity contribution is 5.97. The summed E-state index contributed by atoms with van der Waals surface area (Å²) in [6, 6.07) is 0. The van der Waals surface area contributed by atoms with Crippen LogP contribution >= 0.6 is 0 Å². The smallest absolute Gasteiger partial charge is 0.226 e. The van der Waals surface area contributed by atoms with Crippen LogP contribution in [0.15, 0.2) is 0 Å². The molecular weight excluding hydrogens is 109 g/mol. The summed E-state index contributed by atoms with van der Waals surface area (Å²) in [5.74, 6) is -0.275. The van der Waals surface area contributed by atoms with Crippen molar-refractivity contribution in [2.45, 2.75) is 19.3 Å². The van der Waals surface area contributed by atoms with Gasteiger partial charge < -0.3 is 0 Å². The largest absolute Gasteiger partial charge is 0.296 e. The summed E-state index contributed by atoms with van der Waals surface area (Å²) in [6.45, 7) is 0. The van der Waals surface area contributed by atoms with Crippen molar-refractivity contribution in [3.63, 3.8) is 0 Å². The van der Waals surface area contributed by atoms with Gasteiger partial charge in [0, 0.05) is 12.8 Å². The van der Waals surface area contributed by atoms with Crippen molar-refractivity contribution in [2.75, 3.05) is 0 Å². The van der Waals surface area contributed by atoms with Crippen molar-refractivity contribution in [3.05, 3.63) is 0 Å². The lowest BCUT2D eigenvalue weighted by atomic mass is 10.3. The maximum atomic E-state index is 10.3. The molecule has 0 aromatic rings. The van der Waals surface area contributed by atoms with Crippen LogP contribution in [0.25, 0.3) is 0 Å². The third-order valence-electron chi connectivity index (χ3n) is 1.09. The molecule has 2 amide bonds. The van der Waals surface area contributed by atoms with Crippen LogP contribution in [0, 0.1) is 0 Å². The van der Waals surface area contributed by atoms with Crippen molar-refractivity contribution in [3.8, 4) is 0 Å². The van der Waals surface area contributed by atoms with E-state index in [0.29, 0.717) is 19.3 Å². The van der Waals surface area contributed by atoms with Crippen LogP contribution in [0.2, 0.25) is 0 Å². The average Bonchev–Trinajstić information content (AvgIpc) is 1.64. The quantitative estimate of drug-likeness (QED) is 0.271. The minimum absolute atomic E-state index is 0.138. The maximum Gasteiger partial charge on any atom is 0.226 e. The molecule has 8 heavy (non-hydrogen) atoms. The van der Waals surface area contributed by atoms with Gasteiger partial charge in [-0.25, -0.2) is 0 Å². The van der Waals surface area contributed by atoms with E-state index in [4.69, 9.17) is 0 Å². The van der Waals surface area contributed by atoms with Crippen molar-refractivity contribution >= 4 is 11.8 Å². The Labute approximate surface area is 47.1 Å². The van der Waals surface area contributed by atoms with Crippen LogP contribution in [0.1, 0.15) is 19.3 Å². The van der Waals surface area contributed by atoms with E-state index in [0.717, 1.165) is 0 Å². The molecule has 44 valence electrons. The van der Waals surface area contributed by atoms with Gasteiger partial charge in [0.2, 0.25) is 11.8 Å². The topological polar surface area (TPSA) is 46.2 Å². The number of nitrogens with one attached hydrogen (secondary N) is 1. The molecule has 0 radical (unpaired) electrons. The number of rotatable bonds is 0. The lowest BCUT2D eigenvalue weighted by molar-refractivity contribution is -0.132. The summed E-state index contributed by atoms with van der Waals surface area (Å²) in [4.78, 5) is 20.7. The minimum atomic E-state index is -0.138. The molecule has 1 aliphatic heterocycles. The van der Waals surface area contributed by atoms with Crippen LogP contribution in [-0.2, 0) is 9.59 Å². The molecule has 3 heteroatoms. The second-order valence-electron chi connectivity index (χ2n) is 1.82. The first-order chi connectivity index (χ1) is 3.79. The Hall–Kier alpha value is -0.860. The van der Waals surface area contributed by atoms with Crippen LogP contribution in [0.4, 0.5) is 0 Å². The second-order valence-corrected chi connectivity index (χ2v) is 1.82. The van der Waals surface area contributed by atoms with E-state index >= 15 is 0 Å². The number of hydrogen-bond donors (Lipinski definition) is 1. The van der Waals surface area contributed by atoms with Gasteiger partial charge in [0.25, 0.3) is 0 Å². The van der Waals surface area contributed by atoms with Gasteiger partial charge in [-0.2, -0.15) is 0 Å². The van der Waals surface area contributed by atoms with Gasteiger partial charge in [-0.1, -0.05) is 0 Å². The average molecular weight is 116 g/mol. The summed E-state index contributed by atoms with van der Waals surface area (Å²) in [7, 11) is 0. The molecule has 0 aromatic heterocycles. The molecule has 3 nitrogen and oxygen atoms in total. The number of piperidine rings is 1. The summed E-state index contributed by atoms with van der Waals surface area (Å²) in [6.07, 6.45) is 1.72. The van der Waals surface area contributed by atoms with Gasteiger partial charge in [-0.15, -0.1) is 0 Å². The Balaban J connectivity index is 2.45. The molecule has 0 saturated carbocycles. The fourth-order valence-electron chi connectivity index (χ4n) is 0.690. The van der Waals surface area contributed by atoms with E-state index in [9.17, 15) is 9.59 Å². The molecule has 1 rings (SSSR count). The summed E-state index contributed by atoms with van der Waals surface area (Å²) in [5, 5.41) is 2.20. The summed E-state index contributed by atoms with van der Waals surface area (Å²) in [5.41, 5.74) is 0. The van der Waals surface area contributed by atoms with Gasteiger partial charge in [-0.3, -0.25) is 14.9 Å². The van der Waals surface area contributed by atoms with Gasteiger partial charge in [-0.05, 0) is 6.42 Å². The standard InChI is InChI=1S/C5H7NO2/c7-4-2-1-3-5(8)6-4/h1-3H2,(H,6,7,8)/i4+1,5+1,6+1. The number of carbonyl (C=O) groups is 2. The van der Waals surface area contributed by atoms with E-state index in [-0.39, 0.29) is 11.8 Å². The Morgan fingerprint density at radius 1 is 1.12 bits per heavy atom. The molecule has 0 aromatic carbocycles. The van der Waals surface area contributed by atoms with Crippen molar-refractivity contribution < 1.29 is 9.59 Å². The zero-order valence-electron chi connectivity index (χ0n) is 4.44. The van der Waals surface area contributed by atoms with Gasteiger partial charge in [0.05, 0.1) is 0 Å². The molecule has 1 aliphatic rings. The van der Waals surface area contributed by atoms with Crippen LogP contribution < -0.4 is 5.32 Å². The Bertz CT molecular complexity index is 116. The van der Waals surface area contributed by atoms with Crippen LogP contribution in [0.5, 0.6) is 0 Å². The molecule has 0 aliphatic carbocycles.